The number of nitrogens with zero attached hydrogens (tertiary/aromatic N) is 1. The molecular formula is C16H36CrN+4. The van der Waals surface area contributed by atoms with Crippen LogP contribution in [0.3, 0.4) is 0 Å². The molecule has 1 nitrogen and oxygen atoms in total. The van der Waals surface area contributed by atoms with Crippen LogP contribution < -0.4 is 0 Å². The normalized spacial score (nSPS) is 11.3. The Morgan fingerprint density at radius 1 is 0.500 bits per heavy atom. The van der Waals surface area contributed by atoms with Crippen molar-refractivity contribution in [2.24, 2.45) is 0 Å². The maximum absolute atomic E-state index is 2.33. The van der Waals surface area contributed by atoms with E-state index in [1.165, 1.54) is 82.0 Å². The first kappa shape index (κ1) is 20.8. The third-order valence-corrected chi connectivity index (χ3v) is 3.94. The van der Waals surface area contributed by atoms with Gasteiger partial charge in [-0.25, -0.2) is 0 Å². The number of rotatable bonds is 12. The van der Waals surface area contributed by atoms with E-state index in [1.54, 1.807) is 0 Å². The van der Waals surface area contributed by atoms with Gasteiger partial charge in [-0.2, -0.15) is 0 Å². The maximum Gasteiger partial charge on any atom is 3.00 e. The minimum Gasteiger partial charge on any atom is -0.324 e. The summed E-state index contributed by atoms with van der Waals surface area (Å²) in [7, 11) is 0. The molecule has 0 aromatic rings. The van der Waals surface area contributed by atoms with E-state index in [0.29, 0.717) is 0 Å². The molecule has 0 rings (SSSR count). The molecule has 0 aromatic carbocycles. The van der Waals surface area contributed by atoms with Gasteiger partial charge >= 0.3 is 17.4 Å². The third-order valence-electron chi connectivity index (χ3n) is 3.94. The van der Waals surface area contributed by atoms with E-state index in [9.17, 15) is 0 Å². The molecule has 0 aromatic heterocycles. The van der Waals surface area contributed by atoms with Crippen LogP contribution in [0, 0.1) is 0 Å². The zero-order chi connectivity index (χ0) is 13.0. The second-order valence-corrected chi connectivity index (χ2v) is 5.65. The van der Waals surface area contributed by atoms with Gasteiger partial charge in [0.05, 0.1) is 26.2 Å². The third kappa shape index (κ3) is 9.43. The minimum atomic E-state index is 0. The largest absolute Gasteiger partial charge is 3.00 e. The quantitative estimate of drug-likeness (QED) is 0.444. The van der Waals surface area contributed by atoms with Crippen LogP contribution in [0.1, 0.15) is 79.1 Å². The Hall–Kier alpha value is 0.492. The van der Waals surface area contributed by atoms with Crippen molar-refractivity contribution in [3.05, 3.63) is 0 Å². The van der Waals surface area contributed by atoms with Crippen molar-refractivity contribution in [1.29, 1.82) is 0 Å². The zero-order valence-corrected chi connectivity index (χ0v) is 14.6. The van der Waals surface area contributed by atoms with Crippen LogP contribution >= 0.6 is 0 Å². The summed E-state index contributed by atoms with van der Waals surface area (Å²) in [5, 5.41) is 0. The van der Waals surface area contributed by atoms with Crippen molar-refractivity contribution in [3.63, 3.8) is 0 Å². The molecule has 0 heterocycles. The van der Waals surface area contributed by atoms with Crippen LogP contribution in [0.15, 0.2) is 0 Å². The van der Waals surface area contributed by atoms with Gasteiger partial charge < -0.3 is 4.48 Å². The Kier molecular flexibility index (Phi) is 16.1. The van der Waals surface area contributed by atoms with Crippen LogP contribution in [-0.2, 0) is 17.4 Å². The van der Waals surface area contributed by atoms with E-state index in [0.717, 1.165) is 0 Å². The van der Waals surface area contributed by atoms with Gasteiger partial charge in [0.25, 0.3) is 0 Å². The first-order valence-electron chi connectivity index (χ1n) is 8.09. The summed E-state index contributed by atoms with van der Waals surface area (Å²) >= 11 is 0. The Morgan fingerprint density at radius 3 is 0.889 bits per heavy atom. The molecule has 0 fully saturated rings. The Balaban J connectivity index is 0. The fourth-order valence-electron chi connectivity index (χ4n) is 2.64. The average molecular weight is 294 g/mol. The van der Waals surface area contributed by atoms with Crippen molar-refractivity contribution >= 4 is 0 Å². The first-order chi connectivity index (χ1) is 8.24. The maximum atomic E-state index is 2.33. The molecule has 0 saturated carbocycles. The minimum absolute atomic E-state index is 0. The predicted octanol–water partition coefficient (Wildman–Crippen LogP) is 5.00. The van der Waals surface area contributed by atoms with E-state index in [1.807, 2.05) is 0 Å². The standard InChI is InChI=1S/C16H36N.Cr/c1-5-9-13-17(14-10-6-2,15-11-7-3)16-12-8-4;/h5-16H2,1-4H3;/q+1;+3. The molecule has 18 heavy (non-hydrogen) atoms. The smallest absolute Gasteiger partial charge is 0.324 e. The van der Waals surface area contributed by atoms with Crippen molar-refractivity contribution in [2.45, 2.75) is 79.1 Å². The molecule has 1 radical (unpaired) electrons. The molecule has 0 N–H and O–H groups in total. The summed E-state index contributed by atoms with van der Waals surface area (Å²) in [6.07, 6.45) is 11.1. The van der Waals surface area contributed by atoms with Crippen molar-refractivity contribution < 1.29 is 21.8 Å². The van der Waals surface area contributed by atoms with Crippen LogP contribution in [-0.4, -0.2) is 30.7 Å². The number of hydrogen-bond acceptors (Lipinski definition) is 0. The van der Waals surface area contributed by atoms with Gasteiger partial charge in [0.2, 0.25) is 0 Å². The van der Waals surface area contributed by atoms with Gasteiger partial charge in [-0.3, -0.25) is 0 Å². The zero-order valence-electron chi connectivity index (χ0n) is 13.3. The predicted molar refractivity (Wildman–Crippen MR) is 79.4 cm³/mol. The van der Waals surface area contributed by atoms with Crippen molar-refractivity contribution in [3.8, 4) is 0 Å². The number of quaternary nitrogens is 1. The molecule has 0 saturated heterocycles. The molecule has 0 aliphatic carbocycles. The van der Waals surface area contributed by atoms with Crippen LogP contribution in [0.5, 0.6) is 0 Å². The summed E-state index contributed by atoms with van der Waals surface area (Å²) in [5.41, 5.74) is 0. The summed E-state index contributed by atoms with van der Waals surface area (Å²) in [6, 6.07) is 0. The average Bonchev–Trinajstić information content (AvgIpc) is 2.37. The number of hydrogen-bond donors (Lipinski definition) is 0. The summed E-state index contributed by atoms with van der Waals surface area (Å²) in [4.78, 5) is 0. The number of unbranched alkanes of at least 4 members (excludes halogenated alkanes) is 4. The molecule has 0 aliphatic heterocycles. The van der Waals surface area contributed by atoms with Crippen molar-refractivity contribution in [2.75, 3.05) is 26.2 Å². The van der Waals surface area contributed by atoms with Gasteiger partial charge in [-0.15, -0.1) is 0 Å². The van der Waals surface area contributed by atoms with Crippen LogP contribution in [0.4, 0.5) is 0 Å². The SMILES string of the molecule is CCCC[N+](CCCC)(CCCC)CCCC.[Cr+3]. The molecule has 0 bridgehead atoms. The molecule has 0 aliphatic rings. The molecule has 0 amide bonds. The van der Waals surface area contributed by atoms with Gasteiger partial charge in [-0.05, 0) is 25.7 Å². The van der Waals surface area contributed by atoms with E-state index < -0.39 is 0 Å². The molecule has 0 unspecified atom stereocenters. The molecule has 0 spiro atoms. The Bertz CT molecular complexity index is 122. The van der Waals surface area contributed by atoms with E-state index >= 15 is 0 Å². The second kappa shape index (κ2) is 13.9. The van der Waals surface area contributed by atoms with Gasteiger partial charge in [-0.1, -0.05) is 53.4 Å². The molecule has 0 atom stereocenters. The van der Waals surface area contributed by atoms with Gasteiger partial charge in [0.1, 0.15) is 0 Å². The summed E-state index contributed by atoms with van der Waals surface area (Å²) in [6.45, 7) is 15.0. The fraction of sp³-hybridized carbons (Fsp3) is 1.00. The summed E-state index contributed by atoms with van der Waals surface area (Å²) < 4.78 is 1.42. The van der Waals surface area contributed by atoms with E-state index in [4.69, 9.17) is 0 Å². The Morgan fingerprint density at radius 2 is 0.722 bits per heavy atom. The summed E-state index contributed by atoms with van der Waals surface area (Å²) in [5.74, 6) is 0. The van der Waals surface area contributed by atoms with E-state index in [-0.39, 0.29) is 17.4 Å². The van der Waals surface area contributed by atoms with Gasteiger partial charge in [0, 0.05) is 0 Å². The Labute approximate surface area is 127 Å². The van der Waals surface area contributed by atoms with Crippen LogP contribution in [0.2, 0.25) is 0 Å². The van der Waals surface area contributed by atoms with E-state index in [2.05, 4.69) is 27.7 Å². The molecular weight excluding hydrogens is 258 g/mol. The monoisotopic (exact) mass is 294 g/mol. The van der Waals surface area contributed by atoms with Gasteiger partial charge in [0.15, 0.2) is 0 Å². The topological polar surface area (TPSA) is 0 Å². The fourth-order valence-corrected chi connectivity index (χ4v) is 2.64. The van der Waals surface area contributed by atoms with Crippen LogP contribution in [0.25, 0.3) is 0 Å². The second-order valence-electron chi connectivity index (χ2n) is 5.65. The molecule has 2 heteroatoms. The first-order valence-corrected chi connectivity index (χ1v) is 8.09. The van der Waals surface area contributed by atoms with Crippen molar-refractivity contribution in [1.82, 2.24) is 0 Å². The molecule has 107 valence electrons.